The summed E-state index contributed by atoms with van der Waals surface area (Å²) in [6.07, 6.45) is 1.56. The molecule has 0 rings (SSSR count). The van der Waals surface area contributed by atoms with Gasteiger partial charge in [0.15, 0.2) is 0 Å². The van der Waals surface area contributed by atoms with Gasteiger partial charge in [0, 0.05) is 33.8 Å². The Morgan fingerprint density at radius 1 is 1.41 bits per heavy atom. The number of hydrogen-bond acceptors (Lipinski definition) is 3. The van der Waals surface area contributed by atoms with Crippen molar-refractivity contribution in [2.45, 2.75) is 6.42 Å². The van der Waals surface area contributed by atoms with E-state index in [1.807, 2.05) is 0 Å². The summed E-state index contributed by atoms with van der Waals surface area (Å²) < 4.78 is 4.91. The molecule has 0 aromatic carbocycles. The quantitative estimate of drug-likeness (QED) is 0.636. The van der Waals surface area contributed by atoms with Crippen molar-refractivity contribution < 1.29 is 19.4 Å². The van der Waals surface area contributed by atoms with Gasteiger partial charge in [-0.2, -0.15) is 0 Å². The van der Waals surface area contributed by atoms with Gasteiger partial charge in [-0.25, -0.2) is 4.79 Å². The minimum Gasteiger partial charge on any atom is -0.481 e. The second kappa shape index (κ2) is 8.58. The highest BCUT2D eigenvalue weighted by Gasteiger charge is 2.16. The highest BCUT2D eigenvalue weighted by atomic mass is 16.5. The highest BCUT2D eigenvalue weighted by Crippen LogP contribution is 1.99. The summed E-state index contributed by atoms with van der Waals surface area (Å²) in [5.74, 6) is -0.920. The first-order valence-electron chi connectivity index (χ1n) is 5.34. The Balaban J connectivity index is 4.26. The first-order valence-corrected chi connectivity index (χ1v) is 5.34. The van der Waals surface area contributed by atoms with Crippen LogP contribution >= 0.6 is 0 Å². The summed E-state index contributed by atoms with van der Waals surface area (Å²) in [5.41, 5.74) is 0. The molecule has 1 N–H and O–H groups in total. The number of carboxylic acids is 1. The SMILES string of the molecule is C=CCN(CCOC)C(=O)N(C)CCC(=O)O. The van der Waals surface area contributed by atoms with E-state index in [-0.39, 0.29) is 19.0 Å². The average Bonchev–Trinajstić information content (AvgIpc) is 2.30. The topological polar surface area (TPSA) is 70.1 Å². The number of amides is 2. The maximum atomic E-state index is 11.9. The van der Waals surface area contributed by atoms with Crippen LogP contribution in [0.2, 0.25) is 0 Å². The number of carboxylic acid groups (broad SMARTS) is 1. The Labute approximate surface area is 101 Å². The number of urea groups is 1. The monoisotopic (exact) mass is 244 g/mol. The van der Waals surface area contributed by atoms with E-state index in [9.17, 15) is 9.59 Å². The van der Waals surface area contributed by atoms with Crippen molar-refractivity contribution in [2.75, 3.05) is 40.4 Å². The molecule has 0 bridgehead atoms. The van der Waals surface area contributed by atoms with E-state index >= 15 is 0 Å². The van der Waals surface area contributed by atoms with Gasteiger partial charge < -0.3 is 19.6 Å². The van der Waals surface area contributed by atoms with Crippen LogP contribution in [0.3, 0.4) is 0 Å². The highest BCUT2D eigenvalue weighted by molar-refractivity contribution is 5.75. The number of nitrogens with zero attached hydrogens (tertiary/aromatic N) is 2. The van der Waals surface area contributed by atoms with E-state index < -0.39 is 5.97 Å². The molecule has 17 heavy (non-hydrogen) atoms. The molecule has 0 aliphatic rings. The predicted molar refractivity (Wildman–Crippen MR) is 63.9 cm³/mol. The standard InChI is InChI=1S/C11H20N2O4/c1-4-6-13(8-9-17-3)11(16)12(2)7-5-10(14)15/h4H,1,5-9H2,2-3H3,(H,14,15). The van der Waals surface area contributed by atoms with Crippen LogP contribution in [0.1, 0.15) is 6.42 Å². The Kier molecular flexibility index (Phi) is 7.79. The summed E-state index contributed by atoms with van der Waals surface area (Å²) in [6, 6.07) is -0.219. The fourth-order valence-corrected chi connectivity index (χ4v) is 1.22. The Hall–Kier alpha value is -1.56. The summed E-state index contributed by atoms with van der Waals surface area (Å²) in [5, 5.41) is 8.54. The zero-order chi connectivity index (χ0) is 13.3. The van der Waals surface area contributed by atoms with Crippen LogP contribution in [0.5, 0.6) is 0 Å². The maximum Gasteiger partial charge on any atom is 0.320 e. The van der Waals surface area contributed by atoms with Crippen molar-refractivity contribution in [2.24, 2.45) is 0 Å². The van der Waals surface area contributed by atoms with Crippen LogP contribution < -0.4 is 0 Å². The number of aliphatic carboxylic acids is 1. The lowest BCUT2D eigenvalue weighted by molar-refractivity contribution is -0.137. The van der Waals surface area contributed by atoms with E-state index in [0.717, 1.165) is 0 Å². The molecule has 0 atom stereocenters. The van der Waals surface area contributed by atoms with Crippen molar-refractivity contribution in [1.29, 1.82) is 0 Å². The first kappa shape index (κ1) is 15.4. The van der Waals surface area contributed by atoms with Gasteiger partial charge in [-0.15, -0.1) is 6.58 Å². The van der Waals surface area contributed by atoms with E-state index in [1.165, 1.54) is 4.90 Å². The second-order valence-corrected chi connectivity index (χ2v) is 3.58. The zero-order valence-electron chi connectivity index (χ0n) is 10.4. The van der Waals surface area contributed by atoms with Crippen molar-refractivity contribution in [3.63, 3.8) is 0 Å². The molecule has 0 heterocycles. The lowest BCUT2D eigenvalue weighted by atomic mass is 10.4. The second-order valence-electron chi connectivity index (χ2n) is 3.58. The number of carbonyl (C=O) groups is 2. The first-order chi connectivity index (χ1) is 8.02. The van der Waals surface area contributed by atoms with Crippen LogP contribution in [-0.4, -0.2) is 67.3 Å². The number of rotatable bonds is 8. The van der Waals surface area contributed by atoms with Gasteiger partial charge in [-0.1, -0.05) is 6.08 Å². The summed E-state index contributed by atoms with van der Waals surface area (Å²) in [7, 11) is 3.14. The van der Waals surface area contributed by atoms with Gasteiger partial charge in [-0.3, -0.25) is 4.79 Å². The smallest absolute Gasteiger partial charge is 0.320 e. The molecule has 0 aromatic rings. The molecule has 0 unspecified atom stereocenters. The van der Waals surface area contributed by atoms with E-state index in [1.54, 1.807) is 25.1 Å². The molecule has 2 amide bonds. The van der Waals surface area contributed by atoms with Crippen molar-refractivity contribution in [3.05, 3.63) is 12.7 Å². The molecule has 0 aliphatic carbocycles. The molecule has 0 aliphatic heterocycles. The van der Waals surface area contributed by atoms with E-state index in [4.69, 9.17) is 9.84 Å². The van der Waals surface area contributed by atoms with Crippen LogP contribution in [0, 0.1) is 0 Å². The molecular formula is C11H20N2O4. The van der Waals surface area contributed by atoms with Crippen LogP contribution in [0.4, 0.5) is 4.79 Å². The largest absolute Gasteiger partial charge is 0.481 e. The minimum absolute atomic E-state index is 0.0611. The summed E-state index contributed by atoms with van der Waals surface area (Å²) in [4.78, 5) is 25.2. The molecular weight excluding hydrogens is 224 g/mol. The predicted octanol–water partition coefficient (Wildman–Crippen LogP) is 0.647. The maximum absolute atomic E-state index is 11.9. The van der Waals surface area contributed by atoms with E-state index in [2.05, 4.69) is 6.58 Å². The molecule has 6 heteroatoms. The van der Waals surface area contributed by atoms with Crippen LogP contribution in [-0.2, 0) is 9.53 Å². The molecule has 98 valence electrons. The minimum atomic E-state index is -0.920. The molecule has 0 saturated carbocycles. The number of carbonyl (C=O) groups excluding carboxylic acids is 1. The molecule has 0 saturated heterocycles. The van der Waals surface area contributed by atoms with Crippen molar-refractivity contribution in [3.8, 4) is 0 Å². The number of methoxy groups -OCH3 is 1. The van der Waals surface area contributed by atoms with Crippen molar-refractivity contribution in [1.82, 2.24) is 9.80 Å². The fourth-order valence-electron chi connectivity index (χ4n) is 1.22. The van der Waals surface area contributed by atoms with E-state index in [0.29, 0.717) is 19.7 Å². The number of ether oxygens (including phenoxy) is 1. The molecule has 6 nitrogen and oxygen atoms in total. The normalized spacial score (nSPS) is 9.76. The van der Waals surface area contributed by atoms with Crippen molar-refractivity contribution >= 4 is 12.0 Å². The lowest BCUT2D eigenvalue weighted by Gasteiger charge is -2.26. The summed E-state index contributed by atoms with van der Waals surface area (Å²) in [6.45, 7) is 5.08. The Morgan fingerprint density at radius 3 is 2.53 bits per heavy atom. The molecule has 0 fully saturated rings. The van der Waals surface area contributed by atoms with Gasteiger partial charge in [0.05, 0.1) is 13.0 Å². The Morgan fingerprint density at radius 2 is 2.06 bits per heavy atom. The Bertz CT molecular complexity index is 268. The zero-order valence-corrected chi connectivity index (χ0v) is 10.4. The third-order valence-electron chi connectivity index (χ3n) is 2.17. The third kappa shape index (κ3) is 6.57. The van der Waals surface area contributed by atoms with Gasteiger partial charge >= 0.3 is 12.0 Å². The molecule has 0 spiro atoms. The van der Waals surface area contributed by atoms with Crippen LogP contribution in [0.15, 0.2) is 12.7 Å². The number of hydrogen-bond donors (Lipinski definition) is 1. The average molecular weight is 244 g/mol. The molecule has 0 aromatic heterocycles. The van der Waals surface area contributed by atoms with Gasteiger partial charge in [0.1, 0.15) is 0 Å². The van der Waals surface area contributed by atoms with Gasteiger partial charge in [0.2, 0.25) is 0 Å². The van der Waals surface area contributed by atoms with Crippen LogP contribution in [0.25, 0.3) is 0 Å². The van der Waals surface area contributed by atoms with Gasteiger partial charge in [0.25, 0.3) is 0 Å². The summed E-state index contributed by atoms with van der Waals surface area (Å²) >= 11 is 0. The van der Waals surface area contributed by atoms with Gasteiger partial charge in [-0.05, 0) is 0 Å². The molecule has 0 radical (unpaired) electrons. The third-order valence-corrected chi connectivity index (χ3v) is 2.17. The fraction of sp³-hybridized carbons (Fsp3) is 0.636. The lowest BCUT2D eigenvalue weighted by Crippen LogP contribution is -2.43.